The predicted molar refractivity (Wildman–Crippen MR) is 108 cm³/mol. The van der Waals surface area contributed by atoms with Crippen LogP contribution in [0.3, 0.4) is 0 Å². The number of benzene rings is 2. The minimum atomic E-state index is -0.777. The van der Waals surface area contributed by atoms with Crippen LogP contribution in [0.15, 0.2) is 42.5 Å². The van der Waals surface area contributed by atoms with Gasteiger partial charge in [0.15, 0.2) is 5.78 Å². The Morgan fingerprint density at radius 1 is 1.17 bits per heavy atom. The van der Waals surface area contributed by atoms with Gasteiger partial charge >= 0.3 is 0 Å². The number of hydrogen-bond donors (Lipinski definition) is 1. The number of rotatable bonds is 5. The summed E-state index contributed by atoms with van der Waals surface area (Å²) in [5.41, 5.74) is 1.88. The van der Waals surface area contributed by atoms with Crippen molar-refractivity contribution in [2.75, 3.05) is 19.5 Å². The van der Waals surface area contributed by atoms with Gasteiger partial charge in [0.2, 0.25) is 5.91 Å². The van der Waals surface area contributed by atoms with Crippen LogP contribution in [0.1, 0.15) is 34.0 Å². The summed E-state index contributed by atoms with van der Waals surface area (Å²) in [5, 5.41) is 7.26. The molecule has 3 aromatic rings. The molecule has 2 aromatic carbocycles. The number of hydrogen-bond acceptors (Lipinski definition) is 5. The second-order valence-corrected chi connectivity index (χ2v) is 6.95. The fraction of sp³-hybridized carbons (Fsp3) is 0.227. The Morgan fingerprint density at radius 3 is 2.47 bits per heavy atom. The molecular formula is C22H20FN3O4. The van der Waals surface area contributed by atoms with Crippen molar-refractivity contribution in [1.82, 2.24) is 9.78 Å². The lowest BCUT2D eigenvalue weighted by molar-refractivity contribution is -0.116. The molecule has 1 aliphatic rings. The number of aryl methyl sites for hydroxylation is 1. The Labute approximate surface area is 172 Å². The van der Waals surface area contributed by atoms with E-state index in [2.05, 4.69) is 10.4 Å². The zero-order valence-electron chi connectivity index (χ0n) is 16.7. The first-order chi connectivity index (χ1) is 14.4. The molecule has 30 heavy (non-hydrogen) atoms. The molecule has 0 spiro atoms. The average molecular weight is 409 g/mol. The number of aromatic nitrogens is 2. The number of halogens is 1. The van der Waals surface area contributed by atoms with Crippen molar-refractivity contribution in [3.8, 4) is 17.2 Å². The number of nitrogens with zero attached hydrogens (tertiary/aromatic N) is 2. The van der Waals surface area contributed by atoms with E-state index >= 15 is 0 Å². The van der Waals surface area contributed by atoms with Crippen molar-refractivity contribution in [2.45, 2.75) is 19.3 Å². The van der Waals surface area contributed by atoms with Crippen LogP contribution in [0, 0.1) is 12.7 Å². The monoisotopic (exact) mass is 409 g/mol. The van der Waals surface area contributed by atoms with Crippen LogP contribution in [0.25, 0.3) is 5.69 Å². The summed E-state index contributed by atoms with van der Waals surface area (Å²) < 4.78 is 25.9. The second kappa shape index (κ2) is 7.62. The van der Waals surface area contributed by atoms with Gasteiger partial charge in [0.1, 0.15) is 28.7 Å². The molecule has 0 bridgehead atoms. The Morgan fingerprint density at radius 2 is 1.83 bits per heavy atom. The fourth-order valence-corrected chi connectivity index (χ4v) is 3.83. The van der Waals surface area contributed by atoms with Gasteiger partial charge in [0.25, 0.3) is 0 Å². The minimum absolute atomic E-state index is 0.0390. The molecule has 0 saturated heterocycles. The number of anilines is 1. The molecule has 0 saturated carbocycles. The highest BCUT2D eigenvalue weighted by Crippen LogP contribution is 2.41. The molecule has 4 rings (SSSR count). The first kappa shape index (κ1) is 19.6. The lowest BCUT2D eigenvalue weighted by Crippen LogP contribution is -2.29. The number of carbonyl (C=O) groups excluding carboxylic acids is 2. The lowest BCUT2D eigenvalue weighted by Gasteiger charge is -2.24. The van der Waals surface area contributed by atoms with Crippen LogP contribution in [-0.4, -0.2) is 35.7 Å². The molecule has 0 fully saturated rings. The fourth-order valence-electron chi connectivity index (χ4n) is 3.83. The molecule has 154 valence electrons. The van der Waals surface area contributed by atoms with Crippen molar-refractivity contribution >= 4 is 17.5 Å². The Hall–Kier alpha value is -3.68. The van der Waals surface area contributed by atoms with Gasteiger partial charge in [-0.05, 0) is 37.3 Å². The Balaban J connectivity index is 1.86. The van der Waals surface area contributed by atoms with E-state index in [1.54, 1.807) is 37.3 Å². The zero-order chi connectivity index (χ0) is 21.4. The molecule has 0 aliphatic carbocycles. The summed E-state index contributed by atoms with van der Waals surface area (Å²) in [6, 6.07) is 10.9. The van der Waals surface area contributed by atoms with Gasteiger partial charge in [0, 0.05) is 12.0 Å². The lowest BCUT2D eigenvalue weighted by atomic mass is 9.85. The molecule has 1 amide bonds. The summed E-state index contributed by atoms with van der Waals surface area (Å²) in [4.78, 5) is 26.1. The van der Waals surface area contributed by atoms with Crippen LogP contribution in [0.2, 0.25) is 0 Å². The number of carbonyl (C=O) groups is 2. The molecule has 1 atom stereocenters. The van der Waals surface area contributed by atoms with Crippen LogP contribution in [-0.2, 0) is 4.79 Å². The highest BCUT2D eigenvalue weighted by Gasteiger charge is 2.38. The van der Waals surface area contributed by atoms with E-state index in [9.17, 15) is 14.0 Å². The predicted octanol–water partition coefficient (Wildman–Crippen LogP) is 3.65. The van der Waals surface area contributed by atoms with Gasteiger partial charge in [-0.2, -0.15) is 5.10 Å². The van der Waals surface area contributed by atoms with Gasteiger partial charge in [-0.25, -0.2) is 9.07 Å². The van der Waals surface area contributed by atoms with Gasteiger partial charge in [-0.15, -0.1) is 0 Å². The molecule has 2 heterocycles. The third-order valence-electron chi connectivity index (χ3n) is 5.15. The molecule has 1 N–H and O–H groups in total. The third kappa shape index (κ3) is 3.20. The first-order valence-corrected chi connectivity index (χ1v) is 9.35. The largest absolute Gasteiger partial charge is 0.496 e. The topological polar surface area (TPSA) is 82.4 Å². The maximum atomic E-state index is 13.8. The minimum Gasteiger partial charge on any atom is -0.496 e. The maximum absolute atomic E-state index is 13.8. The van der Waals surface area contributed by atoms with Crippen molar-refractivity contribution in [1.29, 1.82) is 0 Å². The second-order valence-electron chi connectivity index (χ2n) is 6.95. The quantitative estimate of drug-likeness (QED) is 0.651. The molecule has 1 aliphatic heterocycles. The summed E-state index contributed by atoms with van der Waals surface area (Å²) in [5.74, 6) is -0.746. The number of nitrogens with one attached hydrogen (secondary N) is 1. The van der Waals surface area contributed by atoms with Crippen molar-refractivity contribution in [3.05, 3.63) is 65.1 Å². The normalized spacial score (nSPS) is 15.3. The van der Waals surface area contributed by atoms with E-state index in [0.717, 1.165) is 0 Å². The highest BCUT2D eigenvalue weighted by atomic mass is 19.1. The van der Waals surface area contributed by atoms with Crippen LogP contribution in [0.5, 0.6) is 11.5 Å². The zero-order valence-corrected chi connectivity index (χ0v) is 16.7. The first-order valence-electron chi connectivity index (χ1n) is 9.35. The Kier molecular flexibility index (Phi) is 4.99. The number of Topliss-reactive ketones (excluding diaryl/α,β-unsaturated/α-hetero) is 1. The number of methoxy groups -OCH3 is 2. The standard InChI is InChI=1S/C22H20FN3O4/c1-12-19-15(21(28)20-16(29-2)8-5-9-17(20)30-3)11-18(27)24-22(19)26(25-12)14-7-4-6-13(23)10-14/h4-10,15H,11H2,1-3H3,(H,24,27)/t15-/m0/s1. The van der Waals surface area contributed by atoms with Gasteiger partial charge < -0.3 is 14.8 Å². The molecule has 1 aromatic heterocycles. The summed E-state index contributed by atoms with van der Waals surface area (Å²) in [6.07, 6.45) is -0.0390. The molecule has 7 nitrogen and oxygen atoms in total. The van der Waals surface area contributed by atoms with Crippen LogP contribution >= 0.6 is 0 Å². The van der Waals surface area contributed by atoms with Crippen molar-refractivity contribution in [3.63, 3.8) is 0 Å². The van der Waals surface area contributed by atoms with E-state index in [0.29, 0.717) is 34.3 Å². The van der Waals surface area contributed by atoms with Gasteiger partial charge in [0.05, 0.1) is 31.5 Å². The van der Waals surface area contributed by atoms with E-state index in [-0.39, 0.29) is 23.7 Å². The summed E-state index contributed by atoms with van der Waals surface area (Å²) in [7, 11) is 2.94. The number of amides is 1. The van der Waals surface area contributed by atoms with E-state index in [1.807, 2.05) is 0 Å². The average Bonchev–Trinajstić information content (AvgIpc) is 3.08. The maximum Gasteiger partial charge on any atom is 0.226 e. The SMILES string of the molecule is COc1cccc(OC)c1C(=O)[C@H]1CC(=O)Nc2c1c(C)nn2-c1cccc(F)c1. The molecule has 0 radical (unpaired) electrons. The van der Waals surface area contributed by atoms with E-state index < -0.39 is 11.7 Å². The summed E-state index contributed by atoms with van der Waals surface area (Å²) in [6.45, 7) is 1.76. The van der Waals surface area contributed by atoms with Crippen molar-refractivity contribution in [2.24, 2.45) is 0 Å². The van der Waals surface area contributed by atoms with E-state index in [4.69, 9.17) is 9.47 Å². The molecular weight excluding hydrogens is 389 g/mol. The highest BCUT2D eigenvalue weighted by molar-refractivity contribution is 6.10. The van der Waals surface area contributed by atoms with Gasteiger partial charge in [-0.1, -0.05) is 12.1 Å². The third-order valence-corrected chi connectivity index (χ3v) is 5.15. The van der Waals surface area contributed by atoms with Crippen molar-refractivity contribution < 1.29 is 23.5 Å². The van der Waals surface area contributed by atoms with Crippen LogP contribution in [0.4, 0.5) is 10.2 Å². The smallest absolute Gasteiger partial charge is 0.226 e. The number of ketones is 1. The van der Waals surface area contributed by atoms with E-state index in [1.165, 1.54) is 31.0 Å². The molecule has 8 heteroatoms. The van der Waals surface area contributed by atoms with Crippen LogP contribution < -0.4 is 14.8 Å². The number of ether oxygens (including phenoxy) is 2. The summed E-state index contributed by atoms with van der Waals surface area (Å²) >= 11 is 0. The molecule has 0 unspecified atom stereocenters. The number of fused-ring (bicyclic) bond motifs is 1. The van der Waals surface area contributed by atoms with Gasteiger partial charge in [-0.3, -0.25) is 9.59 Å². The Bertz CT molecular complexity index is 1130.